The van der Waals surface area contributed by atoms with E-state index in [-0.39, 0.29) is 6.04 Å². The SMILES string of the molecule is COc1c(C(N)c2ccccc2I)ccc(C)c1C. The molecule has 0 aliphatic heterocycles. The Kier molecular flexibility index (Phi) is 4.47. The summed E-state index contributed by atoms with van der Waals surface area (Å²) in [6.07, 6.45) is 0. The topological polar surface area (TPSA) is 35.2 Å². The summed E-state index contributed by atoms with van der Waals surface area (Å²) >= 11 is 2.32. The quantitative estimate of drug-likeness (QED) is 0.834. The lowest BCUT2D eigenvalue weighted by Crippen LogP contribution is -2.15. The van der Waals surface area contributed by atoms with Gasteiger partial charge in [-0.2, -0.15) is 0 Å². The molecule has 2 nitrogen and oxygen atoms in total. The monoisotopic (exact) mass is 367 g/mol. The number of hydrogen-bond acceptors (Lipinski definition) is 2. The van der Waals surface area contributed by atoms with Crippen LogP contribution in [0.1, 0.15) is 28.3 Å². The summed E-state index contributed by atoms with van der Waals surface area (Å²) in [5.74, 6) is 0.896. The number of aryl methyl sites for hydroxylation is 1. The van der Waals surface area contributed by atoms with E-state index in [0.29, 0.717) is 0 Å². The smallest absolute Gasteiger partial charge is 0.127 e. The Bertz CT molecular complexity index is 595. The van der Waals surface area contributed by atoms with Crippen LogP contribution in [0.25, 0.3) is 0 Å². The molecule has 100 valence electrons. The fourth-order valence-electron chi connectivity index (χ4n) is 2.22. The highest BCUT2D eigenvalue weighted by Crippen LogP contribution is 2.34. The van der Waals surface area contributed by atoms with Crippen LogP contribution < -0.4 is 10.5 Å². The van der Waals surface area contributed by atoms with Gasteiger partial charge in [0.25, 0.3) is 0 Å². The molecule has 1 atom stereocenters. The van der Waals surface area contributed by atoms with E-state index in [9.17, 15) is 0 Å². The molecule has 0 aliphatic carbocycles. The van der Waals surface area contributed by atoms with Crippen molar-refractivity contribution in [3.05, 3.63) is 62.2 Å². The Morgan fingerprint density at radius 1 is 1.05 bits per heavy atom. The first-order chi connectivity index (χ1) is 9.06. The number of hydrogen-bond donors (Lipinski definition) is 1. The van der Waals surface area contributed by atoms with Crippen LogP contribution in [0.2, 0.25) is 0 Å². The number of benzene rings is 2. The number of halogens is 1. The molecular formula is C16H18INO. The third kappa shape index (κ3) is 2.77. The van der Waals surface area contributed by atoms with Gasteiger partial charge >= 0.3 is 0 Å². The highest BCUT2D eigenvalue weighted by molar-refractivity contribution is 14.1. The zero-order valence-electron chi connectivity index (χ0n) is 11.4. The molecule has 0 aliphatic rings. The molecule has 0 fully saturated rings. The summed E-state index contributed by atoms with van der Waals surface area (Å²) in [6.45, 7) is 4.15. The first-order valence-corrected chi connectivity index (χ1v) is 7.28. The maximum Gasteiger partial charge on any atom is 0.127 e. The minimum Gasteiger partial charge on any atom is -0.496 e. The Hall–Kier alpha value is -1.07. The fraction of sp³-hybridized carbons (Fsp3) is 0.250. The molecule has 0 spiro atoms. The lowest BCUT2D eigenvalue weighted by atomic mass is 9.95. The van der Waals surface area contributed by atoms with Crippen molar-refractivity contribution in [2.45, 2.75) is 19.9 Å². The van der Waals surface area contributed by atoms with E-state index >= 15 is 0 Å². The van der Waals surface area contributed by atoms with Crippen molar-refractivity contribution >= 4 is 22.6 Å². The average molecular weight is 367 g/mol. The fourth-order valence-corrected chi connectivity index (χ4v) is 2.94. The van der Waals surface area contributed by atoms with Gasteiger partial charge in [-0.1, -0.05) is 30.3 Å². The van der Waals surface area contributed by atoms with Crippen LogP contribution >= 0.6 is 22.6 Å². The molecule has 2 aromatic rings. The predicted molar refractivity (Wildman–Crippen MR) is 87.7 cm³/mol. The highest BCUT2D eigenvalue weighted by atomic mass is 127. The Labute approximate surface area is 128 Å². The van der Waals surface area contributed by atoms with Gasteiger partial charge in [-0.05, 0) is 59.2 Å². The number of rotatable bonds is 3. The van der Waals surface area contributed by atoms with Gasteiger partial charge in [-0.15, -0.1) is 0 Å². The van der Waals surface area contributed by atoms with Gasteiger partial charge in [0, 0.05) is 9.13 Å². The van der Waals surface area contributed by atoms with Crippen molar-refractivity contribution in [1.29, 1.82) is 0 Å². The molecule has 1 unspecified atom stereocenters. The molecule has 3 heteroatoms. The van der Waals surface area contributed by atoms with Crippen molar-refractivity contribution in [2.24, 2.45) is 5.73 Å². The lowest BCUT2D eigenvalue weighted by Gasteiger charge is -2.20. The van der Waals surface area contributed by atoms with Crippen molar-refractivity contribution < 1.29 is 4.74 Å². The van der Waals surface area contributed by atoms with E-state index in [1.807, 2.05) is 12.1 Å². The van der Waals surface area contributed by atoms with E-state index < -0.39 is 0 Å². The largest absolute Gasteiger partial charge is 0.496 e. The van der Waals surface area contributed by atoms with Crippen LogP contribution in [-0.2, 0) is 0 Å². The van der Waals surface area contributed by atoms with Gasteiger partial charge in [0.1, 0.15) is 5.75 Å². The number of nitrogens with two attached hydrogens (primary N) is 1. The molecule has 19 heavy (non-hydrogen) atoms. The third-order valence-corrected chi connectivity index (χ3v) is 4.47. The van der Waals surface area contributed by atoms with E-state index in [1.165, 1.54) is 9.13 Å². The van der Waals surface area contributed by atoms with E-state index in [4.69, 9.17) is 10.5 Å². The van der Waals surface area contributed by atoms with E-state index in [0.717, 1.165) is 22.4 Å². The van der Waals surface area contributed by atoms with Crippen LogP contribution in [-0.4, -0.2) is 7.11 Å². The first kappa shape index (κ1) is 14.3. The molecule has 0 aromatic heterocycles. The summed E-state index contributed by atoms with van der Waals surface area (Å²) < 4.78 is 6.73. The highest BCUT2D eigenvalue weighted by Gasteiger charge is 2.18. The predicted octanol–water partition coefficient (Wildman–Crippen LogP) is 3.96. The molecule has 0 amide bonds. The minimum atomic E-state index is -0.164. The molecule has 0 heterocycles. The summed E-state index contributed by atoms with van der Waals surface area (Å²) in [5.41, 5.74) is 11.0. The lowest BCUT2D eigenvalue weighted by molar-refractivity contribution is 0.404. The maximum absolute atomic E-state index is 6.43. The second kappa shape index (κ2) is 5.92. The standard InChI is InChI=1S/C16H18INO/c1-10-8-9-13(16(19-3)11(10)2)15(18)12-6-4-5-7-14(12)17/h4-9,15H,18H2,1-3H3. The zero-order valence-corrected chi connectivity index (χ0v) is 13.6. The van der Waals surface area contributed by atoms with Gasteiger partial charge in [0.15, 0.2) is 0 Å². The Balaban J connectivity index is 2.53. The molecule has 0 bridgehead atoms. The van der Waals surface area contributed by atoms with Gasteiger partial charge in [-0.25, -0.2) is 0 Å². The minimum absolute atomic E-state index is 0.164. The first-order valence-electron chi connectivity index (χ1n) is 6.20. The van der Waals surface area contributed by atoms with E-state index in [1.54, 1.807) is 7.11 Å². The Morgan fingerprint density at radius 2 is 1.74 bits per heavy atom. The summed E-state index contributed by atoms with van der Waals surface area (Å²) in [5, 5.41) is 0. The summed E-state index contributed by atoms with van der Waals surface area (Å²) in [7, 11) is 1.70. The van der Waals surface area contributed by atoms with Crippen LogP contribution in [0.4, 0.5) is 0 Å². The maximum atomic E-state index is 6.43. The zero-order chi connectivity index (χ0) is 14.0. The molecule has 0 saturated heterocycles. The van der Waals surface area contributed by atoms with Crippen molar-refractivity contribution in [3.63, 3.8) is 0 Å². The van der Waals surface area contributed by atoms with Crippen molar-refractivity contribution in [2.75, 3.05) is 7.11 Å². The average Bonchev–Trinajstić information content (AvgIpc) is 2.41. The van der Waals surface area contributed by atoms with Crippen LogP contribution in [0.3, 0.4) is 0 Å². The molecule has 0 radical (unpaired) electrons. The molecule has 0 saturated carbocycles. The van der Waals surface area contributed by atoms with Gasteiger partial charge in [-0.3, -0.25) is 0 Å². The second-order valence-electron chi connectivity index (χ2n) is 4.63. The van der Waals surface area contributed by atoms with Crippen molar-refractivity contribution in [1.82, 2.24) is 0 Å². The second-order valence-corrected chi connectivity index (χ2v) is 5.79. The van der Waals surface area contributed by atoms with Crippen LogP contribution in [0.5, 0.6) is 5.75 Å². The van der Waals surface area contributed by atoms with Gasteiger partial charge < -0.3 is 10.5 Å². The molecule has 2 aromatic carbocycles. The summed E-state index contributed by atoms with van der Waals surface area (Å²) in [6, 6.07) is 12.2. The van der Waals surface area contributed by atoms with Crippen molar-refractivity contribution in [3.8, 4) is 5.75 Å². The van der Waals surface area contributed by atoms with Gasteiger partial charge in [0.2, 0.25) is 0 Å². The summed E-state index contributed by atoms with van der Waals surface area (Å²) in [4.78, 5) is 0. The van der Waals surface area contributed by atoms with E-state index in [2.05, 4.69) is 60.7 Å². The number of methoxy groups -OCH3 is 1. The number of ether oxygens (including phenoxy) is 1. The third-order valence-electron chi connectivity index (χ3n) is 3.49. The molecule has 2 rings (SSSR count). The molecular weight excluding hydrogens is 349 g/mol. The Morgan fingerprint density at radius 3 is 2.37 bits per heavy atom. The van der Waals surface area contributed by atoms with Crippen LogP contribution in [0.15, 0.2) is 36.4 Å². The molecule has 2 N–H and O–H groups in total. The van der Waals surface area contributed by atoms with Gasteiger partial charge in [0.05, 0.1) is 13.2 Å². The normalized spacial score (nSPS) is 12.3. The van der Waals surface area contributed by atoms with Crippen LogP contribution in [0, 0.1) is 17.4 Å².